The van der Waals surface area contributed by atoms with Gasteiger partial charge >= 0.3 is 6.09 Å². The molecule has 1 aliphatic heterocycles. The first kappa shape index (κ1) is 20.3. The van der Waals surface area contributed by atoms with Crippen molar-refractivity contribution < 1.29 is 13.9 Å². The molecule has 9 nitrogen and oxygen atoms in total. The molecule has 0 aromatic heterocycles. The Balaban J connectivity index is 2.15. The number of benzene rings is 1. The molecule has 1 saturated heterocycles. The van der Waals surface area contributed by atoms with Gasteiger partial charge in [-0.1, -0.05) is 6.07 Å². The average Bonchev–Trinajstić information content (AvgIpc) is 2.94. The number of hydrogen-bond donors (Lipinski definition) is 4. The van der Waals surface area contributed by atoms with E-state index >= 15 is 0 Å². The van der Waals surface area contributed by atoms with E-state index in [1.54, 1.807) is 32.9 Å². The van der Waals surface area contributed by atoms with E-state index in [2.05, 4.69) is 15.3 Å². The van der Waals surface area contributed by atoms with Crippen LogP contribution >= 0.6 is 0 Å². The molecule has 0 spiro atoms. The van der Waals surface area contributed by atoms with E-state index < -0.39 is 17.5 Å². The Labute approximate surface area is 157 Å². The number of anilines is 1. The lowest BCUT2D eigenvalue weighted by molar-refractivity contribution is 0.0509. The van der Waals surface area contributed by atoms with Crippen molar-refractivity contribution in [3.63, 3.8) is 0 Å². The van der Waals surface area contributed by atoms with Crippen LogP contribution in [-0.2, 0) is 4.74 Å². The fourth-order valence-electron chi connectivity index (χ4n) is 2.71. The molecule has 1 aromatic rings. The quantitative estimate of drug-likeness (QED) is 0.458. The molecular formula is C17H26FN7O2. The third-order valence-corrected chi connectivity index (χ3v) is 3.69. The zero-order valence-electron chi connectivity index (χ0n) is 15.7. The molecule has 0 bridgehead atoms. The summed E-state index contributed by atoms with van der Waals surface area (Å²) >= 11 is 0. The van der Waals surface area contributed by atoms with Crippen molar-refractivity contribution in [2.24, 2.45) is 27.2 Å². The predicted octanol–water partition coefficient (Wildman–Crippen LogP) is 1.15. The van der Waals surface area contributed by atoms with E-state index in [0.29, 0.717) is 25.2 Å². The highest BCUT2D eigenvalue weighted by molar-refractivity contribution is 5.94. The molecule has 1 aliphatic rings. The summed E-state index contributed by atoms with van der Waals surface area (Å²) in [6, 6.07) is 4.45. The Bertz CT molecular complexity index is 754. The molecule has 0 saturated carbocycles. The van der Waals surface area contributed by atoms with Crippen LogP contribution in [0.2, 0.25) is 0 Å². The van der Waals surface area contributed by atoms with Crippen molar-refractivity contribution in [1.29, 1.82) is 0 Å². The topological polar surface area (TPSA) is 144 Å². The van der Waals surface area contributed by atoms with Crippen LogP contribution in [0.4, 0.5) is 20.6 Å². The maximum absolute atomic E-state index is 14.3. The Morgan fingerprint density at radius 1 is 1.33 bits per heavy atom. The third-order valence-electron chi connectivity index (χ3n) is 3.69. The van der Waals surface area contributed by atoms with Gasteiger partial charge < -0.3 is 32.2 Å². The number of ether oxygens (including phenoxy) is 1. The summed E-state index contributed by atoms with van der Waals surface area (Å²) in [7, 11) is 0. The number of nitrogens with one attached hydrogen (secondary N) is 1. The van der Waals surface area contributed by atoms with Gasteiger partial charge in [-0.05, 0) is 39.3 Å². The highest BCUT2D eigenvalue weighted by atomic mass is 19.1. The fraction of sp³-hybridized carbons (Fsp3) is 0.471. The van der Waals surface area contributed by atoms with Crippen molar-refractivity contribution in [3.05, 3.63) is 24.0 Å². The molecule has 1 fully saturated rings. The Morgan fingerprint density at radius 3 is 2.67 bits per heavy atom. The molecular weight excluding hydrogens is 353 g/mol. The molecule has 0 radical (unpaired) electrons. The first-order valence-electron chi connectivity index (χ1n) is 8.52. The highest BCUT2D eigenvalue weighted by Crippen LogP contribution is 2.33. The summed E-state index contributed by atoms with van der Waals surface area (Å²) in [5.41, 5.74) is 16.2. The average molecular weight is 379 g/mol. The molecule has 0 aliphatic carbocycles. The van der Waals surface area contributed by atoms with Gasteiger partial charge in [-0.2, -0.15) is 4.99 Å². The molecule has 7 N–H and O–H groups in total. The zero-order valence-corrected chi connectivity index (χ0v) is 15.7. The lowest BCUT2D eigenvalue weighted by Gasteiger charge is -2.23. The number of carbonyl (C=O) groups is 1. The number of guanidine groups is 2. The standard InChI is InChI=1S/C17H26FN7O2/c1-17(2,3)27-16(26)22-10-7-8-25(9-10)12-6-4-5-11(18)13(12)23-15(21)24-14(19)20/h4-6,10H,7-9H2,1-3H3,(H,22,26)(H6,19,20,21,23,24). The van der Waals surface area contributed by atoms with Crippen molar-refractivity contribution in [1.82, 2.24) is 5.32 Å². The van der Waals surface area contributed by atoms with E-state index in [-0.39, 0.29) is 23.6 Å². The Kier molecular flexibility index (Phi) is 6.09. The largest absolute Gasteiger partial charge is 0.444 e. The predicted molar refractivity (Wildman–Crippen MR) is 103 cm³/mol. The molecule has 148 valence electrons. The molecule has 1 amide bonds. The van der Waals surface area contributed by atoms with Crippen molar-refractivity contribution in [2.45, 2.75) is 38.8 Å². The number of aliphatic imine (C=N–C) groups is 2. The van der Waals surface area contributed by atoms with E-state index in [1.165, 1.54) is 6.07 Å². The van der Waals surface area contributed by atoms with E-state index in [9.17, 15) is 9.18 Å². The first-order valence-corrected chi connectivity index (χ1v) is 8.52. The number of rotatable bonds is 3. The van der Waals surface area contributed by atoms with Gasteiger partial charge in [0, 0.05) is 13.1 Å². The van der Waals surface area contributed by atoms with Gasteiger partial charge in [0.25, 0.3) is 0 Å². The smallest absolute Gasteiger partial charge is 0.407 e. The molecule has 1 unspecified atom stereocenters. The van der Waals surface area contributed by atoms with Crippen LogP contribution in [0.15, 0.2) is 28.2 Å². The SMILES string of the molecule is CC(C)(C)OC(=O)NC1CCN(c2cccc(F)c2N=C(N)N=C(N)N)C1. The van der Waals surface area contributed by atoms with Gasteiger partial charge in [-0.3, -0.25) is 0 Å². The van der Waals surface area contributed by atoms with Gasteiger partial charge in [0.05, 0.1) is 11.7 Å². The number of alkyl carbamates (subject to hydrolysis) is 1. The van der Waals surface area contributed by atoms with Crippen LogP contribution in [0.5, 0.6) is 0 Å². The minimum absolute atomic E-state index is 0.0397. The monoisotopic (exact) mass is 379 g/mol. The molecule has 1 aromatic carbocycles. The lowest BCUT2D eigenvalue weighted by atomic mass is 10.2. The van der Waals surface area contributed by atoms with Crippen LogP contribution in [0, 0.1) is 5.82 Å². The fourth-order valence-corrected chi connectivity index (χ4v) is 2.71. The van der Waals surface area contributed by atoms with Crippen LogP contribution in [0.25, 0.3) is 0 Å². The molecule has 27 heavy (non-hydrogen) atoms. The van der Waals surface area contributed by atoms with Gasteiger partial charge in [-0.25, -0.2) is 14.2 Å². The second-order valence-electron chi connectivity index (χ2n) is 7.19. The van der Waals surface area contributed by atoms with Crippen molar-refractivity contribution in [2.75, 3.05) is 18.0 Å². The minimum atomic E-state index is -0.574. The van der Waals surface area contributed by atoms with Crippen LogP contribution in [0.3, 0.4) is 0 Å². The van der Waals surface area contributed by atoms with Gasteiger partial charge in [0.1, 0.15) is 11.3 Å². The molecule has 2 rings (SSSR count). The van der Waals surface area contributed by atoms with E-state index in [1.807, 2.05) is 4.90 Å². The zero-order chi connectivity index (χ0) is 20.2. The number of hydrogen-bond acceptors (Lipinski definition) is 4. The summed E-state index contributed by atoms with van der Waals surface area (Å²) in [4.78, 5) is 21.5. The number of carbonyl (C=O) groups excluding carboxylic acids is 1. The number of nitrogens with zero attached hydrogens (tertiary/aromatic N) is 3. The lowest BCUT2D eigenvalue weighted by Crippen LogP contribution is -2.40. The summed E-state index contributed by atoms with van der Waals surface area (Å²) in [5.74, 6) is -1.06. The Morgan fingerprint density at radius 2 is 2.04 bits per heavy atom. The van der Waals surface area contributed by atoms with Crippen LogP contribution < -0.4 is 27.4 Å². The number of amides is 1. The van der Waals surface area contributed by atoms with Gasteiger partial charge in [0.15, 0.2) is 11.8 Å². The molecule has 10 heteroatoms. The number of nitrogens with two attached hydrogens (primary N) is 3. The van der Waals surface area contributed by atoms with Crippen LogP contribution in [0.1, 0.15) is 27.2 Å². The Hall–Kier alpha value is -3.04. The molecule has 1 heterocycles. The summed E-state index contributed by atoms with van der Waals surface area (Å²) in [5, 5.41) is 2.82. The summed E-state index contributed by atoms with van der Waals surface area (Å²) < 4.78 is 19.6. The van der Waals surface area contributed by atoms with Crippen molar-refractivity contribution >= 4 is 29.4 Å². The second kappa shape index (κ2) is 8.11. The van der Waals surface area contributed by atoms with Crippen LogP contribution in [-0.4, -0.2) is 42.7 Å². The maximum Gasteiger partial charge on any atom is 0.407 e. The summed E-state index contributed by atoms with van der Waals surface area (Å²) in [6.45, 7) is 6.48. The third kappa shape index (κ3) is 6.01. The highest BCUT2D eigenvalue weighted by Gasteiger charge is 2.28. The van der Waals surface area contributed by atoms with E-state index in [4.69, 9.17) is 21.9 Å². The van der Waals surface area contributed by atoms with Crippen molar-refractivity contribution in [3.8, 4) is 0 Å². The normalized spacial score (nSPS) is 17.6. The number of para-hydroxylation sites is 1. The molecule has 1 atom stereocenters. The first-order chi connectivity index (χ1) is 12.5. The van der Waals surface area contributed by atoms with E-state index in [0.717, 1.165) is 0 Å². The minimum Gasteiger partial charge on any atom is -0.444 e. The maximum atomic E-state index is 14.3. The summed E-state index contributed by atoms with van der Waals surface area (Å²) in [6.07, 6.45) is 0.200. The second-order valence-corrected chi connectivity index (χ2v) is 7.19. The van der Waals surface area contributed by atoms with Gasteiger partial charge in [-0.15, -0.1) is 0 Å². The number of halogens is 1. The van der Waals surface area contributed by atoms with Gasteiger partial charge in [0.2, 0.25) is 5.96 Å².